The zero-order valence-corrected chi connectivity index (χ0v) is 29.3. The van der Waals surface area contributed by atoms with Crippen LogP contribution < -0.4 is 0 Å². The third-order valence-corrected chi connectivity index (χ3v) is 18.9. The summed E-state index contributed by atoms with van der Waals surface area (Å²) in [7, 11) is 0. The van der Waals surface area contributed by atoms with Crippen LogP contribution in [0.1, 0.15) is 80.6 Å². The van der Waals surface area contributed by atoms with Gasteiger partial charge in [0.05, 0.1) is 0 Å². The molecule has 0 fully saturated rings. The van der Waals surface area contributed by atoms with E-state index in [1.807, 2.05) is 0 Å². The van der Waals surface area contributed by atoms with Crippen LogP contribution >= 0.6 is 0 Å². The SMILES string of the molecule is CC1=C(c2cccc3ccccc23)c2c3cccc2C(C)(C)c2cccc4c2C(c2cccc5ccccc25)=C(C)[CH]4[Ti]([CH3])([CH3])[CH]13. The molecule has 0 N–H and O–H groups in total. The molecule has 0 amide bonds. The molecule has 3 aliphatic rings. The number of fused-ring (bicyclic) bond motifs is 2. The molecule has 6 aromatic rings. The molecule has 46 heavy (non-hydrogen) atoms. The Morgan fingerprint density at radius 2 is 0.870 bits per heavy atom. The normalized spacial score (nSPS) is 20.6. The van der Waals surface area contributed by atoms with Gasteiger partial charge in [0.25, 0.3) is 0 Å². The van der Waals surface area contributed by atoms with Gasteiger partial charge in [-0.15, -0.1) is 0 Å². The van der Waals surface area contributed by atoms with Crippen molar-refractivity contribution in [2.24, 2.45) is 0 Å². The van der Waals surface area contributed by atoms with Gasteiger partial charge in [0, 0.05) is 0 Å². The van der Waals surface area contributed by atoms with E-state index in [4.69, 9.17) is 0 Å². The summed E-state index contributed by atoms with van der Waals surface area (Å²) in [5.41, 5.74) is 17.8. The van der Waals surface area contributed by atoms with Gasteiger partial charge in [-0.1, -0.05) is 0 Å². The van der Waals surface area contributed by atoms with Gasteiger partial charge in [0.2, 0.25) is 0 Å². The fourth-order valence-electron chi connectivity index (χ4n) is 10.2. The first kappa shape index (κ1) is 28.3. The van der Waals surface area contributed by atoms with Crippen molar-refractivity contribution in [3.05, 3.63) is 177 Å². The zero-order valence-electron chi connectivity index (χ0n) is 27.7. The minimum atomic E-state index is -2.82. The van der Waals surface area contributed by atoms with Crippen LogP contribution in [-0.2, 0) is 22.0 Å². The molecule has 1 aliphatic heterocycles. The third-order valence-electron chi connectivity index (χ3n) is 11.9. The van der Waals surface area contributed by atoms with E-state index in [2.05, 4.69) is 159 Å². The monoisotopic (exact) mass is 628 g/mol. The van der Waals surface area contributed by atoms with E-state index in [1.165, 1.54) is 66.1 Å². The molecule has 0 spiro atoms. The Morgan fingerprint density at radius 1 is 0.478 bits per heavy atom. The van der Waals surface area contributed by atoms with Crippen LogP contribution in [0, 0.1) is 0 Å². The van der Waals surface area contributed by atoms with Crippen LogP contribution in [-0.4, -0.2) is 0 Å². The van der Waals surface area contributed by atoms with Crippen molar-refractivity contribution in [3.8, 4) is 0 Å². The van der Waals surface area contributed by atoms with Gasteiger partial charge in [0.15, 0.2) is 0 Å². The van der Waals surface area contributed by atoms with Gasteiger partial charge in [-0.3, -0.25) is 0 Å². The van der Waals surface area contributed by atoms with E-state index < -0.39 is 16.6 Å². The van der Waals surface area contributed by atoms with Crippen LogP contribution in [0.15, 0.2) is 132 Å². The summed E-state index contributed by atoms with van der Waals surface area (Å²) in [6.45, 7) is 9.94. The molecular formula is C45H40Ti. The number of hydrogen-bond donors (Lipinski definition) is 0. The number of allylic oxidation sites excluding steroid dienone is 2. The Hall–Kier alpha value is -3.97. The predicted octanol–water partition coefficient (Wildman–Crippen LogP) is 12.3. The van der Waals surface area contributed by atoms with Gasteiger partial charge < -0.3 is 0 Å². The second kappa shape index (κ2) is 9.77. The van der Waals surface area contributed by atoms with Gasteiger partial charge in [-0.05, 0) is 0 Å². The topological polar surface area (TPSA) is 0 Å². The molecule has 0 aromatic heterocycles. The van der Waals surface area contributed by atoms with Crippen LogP contribution in [0.4, 0.5) is 0 Å². The van der Waals surface area contributed by atoms with Gasteiger partial charge in [0.1, 0.15) is 0 Å². The molecule has 0 radical (unpaired) electrons. The molecule has 8 bridgehead atoms. The van der Waals surface area contributed by atoms with Crippen LogP contribution in [0.2, 0.25) is 10.5 Å². The van der Waals surface area contributed by atoms with Crippen molar-refractivity contribution in [2.75, 3.05) is 0 Å². The van der Waals surface area contributed by atoms with Crippen molar-refractivity contribution < 1.29 is 16.6 Å². The average molecular weight is 629 g/mol. The van der Waals surface area contributed by atoms with E-state index in [0.717, 1.165) is 0 Å². The molecule has 224 valence electrons. The second-order valence-electron chi connectivity index (χ2n) is 15.0. The molecular weight excluding hydrogens is 588 g/mol. The van der Waals surface area contributed by atoms with Crippen molar-refractivity contribution >= 4 is 32.7 Å². The maximum atomic E-state index is 2.74. The van der Waals surface area contributed by atoms with E-state index in [-0.39, 0.29) is 5.41 Å². The Bertz CT molecular complexity index is 2170. The zero-order chi connectivity index (χ0) is 31.5. The van der Waals surface area contributed by atoms with Gasteiger partial charge in [-0.2, -0.15) is 0 Å². The molecule has 0 nitrogen and oxygen atoms in total. The molecule has 0 saturated heterocycles. The first-order valence-corrected chi connectivity index (χ1v) is 21.8. The first-order valence-electron chi connectivity index (χ1n) is 16.9. The first-order chi connectivity index (χ1) is 22.2. The molecule has 2 unspecified atom stereocenters. The van der Waals surface area contributed by atoms with Crippen LogP contribution in [0.25, 0.3) is 32.7 Å². The van der Waals surface area contributed by atoms with E-state index in [1.54, 1.807) is 22.3 Å². The molecule has 2 atom stereocenters. The predicted molar refractivity (Wildman–Crippen MR) is 194 cm³/mol. The van der Waals surface area contributed by atoms with E-state index >= 15 is 0 Å². The summed E-state index contributed by atoms with van der Waals surface area (Å²) < 4.78 is 0.947. The summed E-state index contributed by atoms with van der Waals surface area (Å²) in [4.78, 5) is 0. The maximum absolute atomic E-state index is 2.82. The van der Waals surface area contributed by atoms with E-state index in [9.17, 15) is 0 Å². The van der Waals surface area contributed by atoms with Crippen LogP contribution in [0.5, 0.6) is 0 Å². The molecule has 2 aliphatic carbocycles. The molecule has 6 aromatic carbocycles. The molecule has 1 heteroatoms. The summed E-state index contributed by atoms with van der Waals surface area (Å²) in [6.07, 6.45) is 0. The Balaban J connectivity index is 1.42. The van der Waals surface area contributed by atoms with Gasteiger partial charge >= 0.3 is 278 Å². The summed E-state index contributed by atoms with van der Waals surface area (Å²) in [5.74, 6) is 0. The number of hydrogen-bond acceptors (Lipinski definition) is 0. The van der Waals surface area contributed by atoms with Crippen molar-refractivity contribution in [2.45, 2.75) is 52.0 Å². The van der Waals surface area contributed by atoms with Crippen molar-refractivity contribution in [1.29, 1.82) is 0 Å². The second-order valence-corrected chi connectivity index (χ2v) is 22.5. The van der Waals surface area contributed by atoms with Crippen LogP contribution in [0.3, 0.4) is 0 Å². The number of benzene rings is 6. The standard InChI is InChI=1S/C43H34.2CH3.Ti/c1-27-25-31-17-11-23-37(41(31)39(27)35-21-9-15-29-13-5-7-19-33(29)35)43(3,4)38-24-12-18-32-26-28(2)40(42(32)38)36-22-10-16-30-14-6-8-20-34(30)36;;;/h5-26H,1-4H3;2*1H3;. The minimum absolute atomic E-state index is 0.207. The quantitative estimate of drug-likeness (QED) is 0.167. The molecule has 1 heterocycles. The summed E-state index contributed by atoms with van der Waals surface area (Å²) >= 11 is -2.82. The fourth-order valence-corrected chi connectivity index (χ4v) is 17.9. The average Bonchev–Trinajstić information content (AvgIpc) is 3.54. The number of rotatable bonds is 2. The summed E-state index contributed by atoms with van der Waals surface area (Å²) in [5, 5.41) is 10.8. The van der Waals surface area contributed by atoms with Crippen molar-refractivity contribution in [3.63, 3.8) is 0 Å². The third kappa shape index (κ3) is 3.61. The van der Waals surface area contributed by atoms with E-state index in [0.29, 0.717) is 8.45 Å². The summed E-state index contributed by atoms with van der Waals surface area (Å²) in [6, 6.07) is 46.4. The van der Waals surface area contributed by atoms with Gasteiger partial charge in [-0.25, -0.2) is 0 Å². The Labute approximate surface area is 276 Å². The Morgan fingerprint density at radius 3 is 1.33 bits per heavy atom. The molecule has 9 rings (SSSR count). The fraction of sp³-hybridized carbons (Fsp3) is 0.200. The molecule has 0 saturated carbocycles. The Kier molecular flexibility index (Phi) is 6.01. The van der Waals surface area contributed by atoms with Crippen molar-refractivity contribution in [1.82, 2.24) is 0 Å².